The lowest BCUT2D eigenvalue weighted by Gasteiger charge is -2.23. The number of fused-ring (bicyclic) bond motifs is 2. The monoisotopic (exact) mass is 339 g/mol. The van der Waals surface area contributed by atoms with Crippen LogP contribution in [0.25, 0.3) is 0 Å². The molecule has 130 valence electrons. The summed E-state index contributed by atoms with van der Waals surface area (Å²) in [4.78, 5) is 15.1. The lowest BCUT2D eigenvalue weighted by atomic mass is 9.98. The first-order valence-corrected chi connectivity index (χ1v) is 8.41. The summed E-state index contributed by atoms with van der Waals surface area (Å²) in [6.07, 6.45) is 0. The van der Waals surface area contributed by atoms with Gasteiger partial charge in [0, 0.05) is 11.1 Å². The van der Waals surface area contributed by atoms with Gasteiger partial charge in [0.1, 0.15) is 5.75 Å². The Labute approximate surface area is 147 Å². The Morgan fingerprint density at radius 1 is 1.08 bits per heavy atom. The molecule has 4 rings (SSSR count). The summed E-state index contributed by atoms with van der Waals surface area (Å²) in [6.45, 7) is 5.25. The summed E-state index contributed by atoms with van der Waals surface area (Å²) in [7, 11) is 1.64. The van der Waals surface area contributed by atoms with Gasteiger partial charge in [-0.2, -0.15) is 0 Å². The minimum atomic E-state index is -1.30. The Morgan fingerprint density at radius 2 is 1.76 bits per heavy atom. The highest BCUT2D eigenvalue weighted by Gasteiger charge is 2.57. The number of para-hydroxylation sites is 1. The van der Waals surface area contributed by atoms with Crippen molar-refractivity contribution in [3.05, 3.63) is 58.7 Å². The summed E-state index contributed by atoms with van der Waals surface area (Å²) in [5, 5.41) is 0. The number of hydrogen-bond donors (Lipinski definition) is 0. The number of ether oxygens (including phenoxy) is 3. The Hall–Kier alpha value is -2.37. The van der Waals surface area contributed by atoms with Crippen LogP contribution >= 0.6 is 0 Å². The molecular weight excluding hydrogens is 318 g/mol. The molecule has 5 nitrogen and oxygen atoms in total. The van der Waals surface area contributed by atoms with E-state index in [0.29, 0.717) is 19.8 Å². The minimum absolute atomic E-state index is 0.164. The average molecular weight is 339 g/mol. The van der Waals surface area contributed by atoms with Crippen molar-refractivity contribution < 1.29 is 19.0 Å². The molecule has 0 radical (unpaired) electrons. The van der Waals surface area contributed by atoms with E-state index in [9.17, 15) is 4.79 Å². The number of benzene rings is 2. The van der Waals surface area contributed by atoms with Crippen LogP contribution in [0.3, 0.4) is 0 Å². The number of methoxy groups -OCH3 is 1. The summed E-state index contributed by atoms with van der Waals surface area (Å²) >= 11 is 0. The third-order valence-corrected chi connectivity index (χ3v) is 4.93. The molecule has 1 spiro atoms. The zero-order valence-corrected chi connectivity index (χ0v) is 14.7. The maximum absolute atomic E-state index is 13.3. The molecule has 0 aromatic heterocycles. The molecule has 5 heteroatoms. The predicted octanol–water partition coefficient (Wildman–Crippen LogP) is 3.06. The van der Waals surface area contributed by atoms with Gasteiger partial charge in [0.05, 0.1) is 32.6 Å². The van der Waals surface area contributed by atoms with Gasteiger partial charge in [-0.25, -0.2) is 0 Å². The van der Waals surface area contributed by atoms with Crippen molar-refractivity contribution in [2.45, 2.75) is 26.2 Å². The lowest BCUT2D eigenvalue weighted by molar-refractivity contribution is -0.181. The van der Waals surface area contributed by atoms with E-state index in [2.05, 4.69) is 0 Å². The third-order valence-electron chi connectivity index (χ3n) is 4.93. The number of carbonyl (C=O) groups is 1. The summed E-state index contributed by atoms with van der Waals surface area (Å²) < 4.78 is 17.2. The number of anilines is 1. The van der Waals surface area contributed by atoms with Gasteiger partial charge in [-0.3, -0.25) is 4.79 Å². The zero-order chi connectivity index (χ0) is 17.6. The molecule has 2 aromatic rings. The number of hydrogen-bond acceptors (Lipinski definition) is 4. The van der Waals surface area contributed by atoms with E-state index >= 15 is 0 Å². The standard InChI is InChI=1S/C20H21NO4/c1-13-8-9-14(2)18-17(13)20(24-10-11-25-20)19(22)21(18)12-15-6-4-5-7-16(15)23-3/h4-9H,10-12H2,1-3H3. The fourth-order valence-electron chi connectivity index (χ4n) is 3.78. The van der Waals surface area contributed by atoms with Crippen LogP contribution in [0.4, 0.5) is 5.69 Å². The number of aryl methyl sites for hydroxylation is 2. The van der Waals surface area contributed by atoms with E-state index in [1.807, 2.05) is 50.2 Å². The summed E-state index contributed by atoms with van der Waals surface area (Å²) in [5.41, 5.74) is 4.70. The fraction of sp³-hybridized carbons (Fsp3) is 0.350. The second-order valence-electron chi connectivity index (χ2n) is 6.44. The largest absolute Gasteiger partial charge is 0.496 e. The maximum Gasteiger partial charge on any atom is 0.292 e. The number of rotatable bonds is 3. The Balaban J connectivity index is 1.85. The minimum Gasteiger partial charge on any atom is -0.496 e. The van der Waals surface area contributed by atoms with E-state index < -0.39 is 5.79 Å². The van der Waals surface area contributed by atoms with Crippen LogP contribution in [-0.4, -0.2) is 26.2 Å². The highest BCUT2D eigenvalue weighted by atomic mass is 16.7. The molecule has 1 amide bonds. The second-order valence-corrected chi connectivity index (χ2v) is 6.44. The molecule has 0 bridgehead atoms. The molecule has 0 unspecified atom stereocenters. The van der Waals surface area contributed by atoms with Gasteiger partial charge < -0.3 is 19.1 Å². The average Bonchev–Trinajstić information content (AvgIpc) is 3.20. The Morgan fingerprint density at radius 3 is 2.48 bits per heavy atom. The summed E-state index contributed by atoms with van der Waals surface area (Å²) in [5.74, 6) is -0.701. The molecule has 0 aliphatic carbocycles. The van der Waals surface area contributed by atoms with Crippen molar-refractivity contribution in [2.75, 3.05) is 25.2 Å². The lowest BCUT2D eigenvalue weighted by Crippen LogP contribution is -2.41. The van der Waals surface area contributed by atoms with Gasteiger partial charge in [0.25, 0.3) is 11.7 Å². The SMILES string of the molecule is COc1ccccc1CN1C(=O)C2(OCCO2)c2c(C)ccc(C)c21. The highest BCUT2D eigenvalue weighted by Crippen LogP contribution is 2.49. The Kier molecular flexibility index (Phi) is 3.78. The Bertz CT molecular complexity index is 840. The van der Waals surface area contributed by atoms with E-state index in [0.717, 1.165) is 33.7 Å². The third kappa shape index (κ3) is 2.27. The smallest absolute Gasteiger partial charge is 0.292 e. The number of nitrogens with zero attached hydrogens (tertiary/aromatic N) is 1. The van der Waals surface area contributed by atoms with Crippen LogP contribution in [-0.2, 0) is 26.6 Å². The van der Waals surface area contributed by atoms with Crippen molar-refractivity contribution in [3.63, 3.8) is 0 Å². The normalized spacial score (nSPS) is 18.0. The van der Waals surface area contributed by atoms with Crippen molar-refractivity contribution in [1.82, 2.24) is 0 Å². The van der Waals surface area contributed by atoms with E-state index in [4.69, 9.17) is 14.2 Å². The van der Waals surface area contributed by atoms with Crippen LogP contribution in [0.5, 0.6) is 5.75 Å². The first-order chi connectivity index (χ1) is 12.1. The van der Waals surface area contributed by atoms with Gasteiger partial charge in [-0.15, -0.1) is 0 Å². The van der Waals surface area contributed by atoms with E-state index in [1.54, 1.807) is 12.0 Å². The van der Waals surface area contributed by atoms with Gasteiger partial charge in [-0.1, -0.05) is 30.3 Å². The first-order valence-electron chi connectivity index (χ1n) is 8.41. The molecule has 0 atom stereocenters. The quantitative estimate of drug-likeness (QED) is 0.862. The van der Waals surface area contributed by atoms with Gasteiger partial charge >= 0.3 is 0 Å². The van der Waals surface area contributed by atoms with Crippen molar-refractivity contribution in [1.29, 1.82) is 0 Å². The second kappa shape index (κ2) is 5.86. The van der Waals surface area contributed by atoms with Crippen molar-refractivity contribution >= 4 is 11.6 Å². The maximum atomic E-state index is 13.3. The molecule has 2 heterocycles. The molecule has 0 saturated carbocycles. The molecule has 2 aliphatic rings. The van der Waals surface area contributed by atoms with Gasteiger partial charge in [-0.05, 0) is 31.0 Å². The number of amides is 1. The van der Waals surface area contributed by atoms with Gasteiger partial charge in [0.15, 0.2) is 0 Å². The molecule has 2 aromatic carbocycles. The van der Waals surface area contributed by atoms with E-state index in [1.165, 1.54) is 0 Å². The van der Waals surface area contributed by atoms with Crippen LogP contribution in [0.1, 0.15) is 22.3 Å². The van der Waals surface area contributed by atoms with Crippen LogP contribution in [0.15, 0.2) is 36.4 Å². The molecule has 1 saturated heterocycles. The van der Waals surface area contributed by atoms with Crippen molar-refractivity contribution in [3.8, 4) is 5.75 Å². The van der Waals surface area contributed by atoms with Crippen LogP contribution in [0.2, 0.25) is 0 Å². The zero-order valence-electron chi connectivity index (χ0n) is 14.7. The van der Waals surface area contributed by atoms with E-state index in [-0.39, 0.29) is 5.91 Å². The van der Waals surface area contributed by atoms with Crippen LogP contribution < -0.4 is 9.64 Å². The predicted molar refractivity (Wildman–Crippen MR) is 93.7 cm³/mol. The van der Waals surface area contributed by atoms with Gasteiger partial charge in [0.2, 0.25) is 0 Å². The van der Waals surface area contributed by atoms with Crippen LogP contribution in [0, 0.1) is 13.8 Å². The number of carbonyl (C=O) groups excluding carboxylic acids is 1. The molecule has 2 aliphatic heterocycles. The molecule has 25 heavy (non-hydrogen) atoms. The fourth-order valence-corrected chi connectivity index (χ4v) is 3.78. The molecule has 0 N–H and O–H groups in total. The first kappa shape index (κ1) is 16.1. The highest BCUT2D eigenvalue weighted by molar-refractivity contribution is 6.07. The topological polar surface area (TPSA) is 48.0 Å². The summed E-state index contributed by atoms with van der Waals surface area (Å²) in [6, 6.07) is 11.8. The van der Waals surface area contributed by atoms with Crippen molar-refractivity contribution in [2.24, 2.45) is 0 Å². The molecule has 1 fully saturated rings. The molecular formula is C20H21NO4.